The van der Waals surface area contributed by atoms with E-state index in [0.29, 0.717) is 28.4 Å². The van der Waals surface area contributed by atoms with Crippen molar-refractivity contribution >= 4 is 41.4 Å². The van der Waals surface area contributed by atoms with Crippen molar-refractivity contribution in [3.8, 4) is 17.3 Å². The molecule has 4 heterocycles. The number of fused-ring (bicyclic) bond motifs is 2. The topological polar surface area (TPSA) is 102 Å². The van der Waals surface area contributed by atoms with Gasteiger partial charge in [-0.25, -0.2) is 4.98 Å². The number of ether oxygens (including phenoxy) is 1. The Hall–Kier alpha value is -2.70. The summed E-state index contributed by atoms with van der Waals surface area (Å²) in [5.41, 5.74) is 6.52. The molecular weight excluding hydrogens is 544 g/mol. The second-order valence-corrected chi connectivity index (χ2v) is 9.59. The van der Waals surface area contributed by atoms with E-state index in [0.717, 1.165) is 5.39 Å². The van der Waals surface area contributed by atoms with Crippen LogP contribution in [0.15, 0.2) is 48.7 Å². The van der Waals surface area contributed by atoms with Gasteiger partial charge in [0.15, 0.2) is 11.5 Å². The van der Waals surface area contributed by atoms with E-state index in [1.54, 1.807) is 6.07 Å². The molecule has 3 aromatic heterocycles. The SMILES string of the molecule is CC(C)Oc1cccc2ccc(-c3nnc4ccc([C@@H](N5CC[C@](N)(CO)C5)C(F)(F)F)cn34)nc12.Cl.Cl. The average Bonchev–Trinajstić information content (AvgIpc) is 3.42. The molecule has 0 bridgehead atoms. The molecule has 38 heavy (non-hydrogen) atoms. The third-order valence-electron chi connectivity index (χ3n) is 6.42. The van der Waals surface area contributed by atoms with Gasteiger partial charge in [-0.1, -0.05) is 24.3 Å². The fourth-order valence-electron chi connectivity index (χ4n) is 4.72. The van der Waals surface area contributed by atoms with Crippen molar-refractivity contribution in [1.82, 2.24) is 24.5 Å². The Kier molecular flexibility index (Phi) is 8.79. The summed E-state index contributed by atoms with van der Waals surface area (Å²) >= 11 is 0. The maximum atomic E-state index is 14.3. The lowest BCUT2D eigenvalue weighted by atomic mass is 10.0. The lowest BCUT2D eigenvalue weighted by molar-refractivity contribution is -0.184. The van der Waals surface area contributed by atoms with Gasteiger partial charge in [0.1, 0.15) is 23.0 Å². The van der Waals surface area contributed by atoms with Crippen LogP contribution in [0.2, 0.25) is 0 Å². The molecule has 0 amide bonds. The summed E-state index contributed by atoms with van der Waals surface area (Å²) in [5, 5.41) is 18.8. The van der Waals surface area contributed by atoms with E-state index in [-0.39, 0.29) is 62.6 Å². The zero-order valence-electron chi connectivity index (χ0n) is 20.7. The molecule has 206 valence electrons. The standard InChI is InChI=1S/C25H27F3N6O2.2ClH/c1-15(2)36-19-5-3-4-16-6-8-18(30-21(16)19)23-32-31-20-9-7-17(12-34(20)23)22(25(26,27)28)33-11-10-24(29,13-33)14-35;;/h3-9,12,15,22,35H,10-11,13-14,29H2,1-2H3;2*1H/t22-,24-;;/m1../s1. The second kappa shape index (κ2) is 11.2. The molecule has 1 aliphatic heterocycles. The quantitative estimate of drug-likeness (QED) is 0.349. The number of nitrogens with zero attached hydrogens (tertiary/aromatic N) is 5. The lowest BCUT2D eigenvalue weighted by Crippen LogP contribution is -2.48. The van der Waals surface area contributed by atoms with Gasteiger partial charge in [0.05, 0.1) is 18.2 Å². The largest absolute Gasteiger partial charge is 0.489 e. The minimum Gasteiger partial charge on any atom is -0.489 e. The molecule has 2 atom stereocenters. The van der Waals surface area contributed by atoms with E-state index >= 15 is 0 Å². The van der Waals surface area contributed by atoms with Crippen molar-refractivity contribution in [1.29, 1.82) is 0 Å². The number of para-hydroxylation sites is 1. The number of likely N-dealkylation sites (tertiary alicyclic amines) is 1. The van der Waals surface area contributed by atoms with Gasteiger partial charge in [-0.15, -0.1) is 35.0 Å². The predicted molar refractivity (Wildman–Crippen MR) is 143 cm³/mol. The molecule has 8 nitrogen and oxygen atoms in total. The summed E-state index contributed by atoms with van der Waals surface area (Å²) in [5.74, 6) is 0.929. The molecule has 3 N–H and O–H groups in total. The fourth-order valence-corrected chi connectivity index (χ4v) is 4.72. The second-order valence-electron chi connectivity index (χ2n) is 9.59. The molecule has 5 rings (SSSR count). The summed E-state index contributed by atoms with van der Waals surface area (Å²) in [7, 11) is 0. The maximum absolute atomic E-state index is 14.3. The average molecular weight is 573 g/mol. The van der Waals surface area contributed by atoms with Crippen LogP contribution in [0.3, 0.4) is 0 Å². The van der Waals surface area contributed by atoms with Crippen molar-refractivity contribution in [2.24, 2.45) is 5.73 Å². The lowest BCUT2D eigenvalue weighted by Gasteiger charge is -2.31. The Morgan fingerprint density at radius 2 is 1.87 bits per heavy atom. The zero-order valence-corrected chi connectivity index (χ0v) is 22.4. The Morgan fingerprint density at radius 3 is 2.53 bits per heavy atom. The van der Waals surface area contributed by atoms with Crippen LogP contribution in [0.5, 0.6) is 5.75 Å². The monoisotopic (exact) mass is 572 g/mol. The van der Waals surface area contributed by atoms with Gasteiger partial charge in [-0.05, 0) is 44.0 Å². The van der Waals surface area contributed by atoms with Crippen LogP contribution in [0.1, 0.15) is 31.9 Å². The number of hydrogen-bond donors (Lipinski definition) is 2. The van der Waals surface area contributed by atoms with Crippen molar-refractivity contribution < 1.29 is 23.0 Å². The Labute approximate surface area is 229 Å². The predicted octanol–water partition coefficient (Wildman–Crippen LogP) is 4.57. The van der Waals surface area contributed by atoms with Gasteiger partial charge in [0, 0.05) is 24.7 Å². The number of hydrogen-bond acceptors (Lipinski definition) is 7. The summed E-state index contributed by atoms with van der Waals surface area (Å²) < 4.78 is 50.2. The van der Waals surface area contributed by atoms with Crippen molar-refractivity contribution in [2.45, 2.75) is 44.1 Å². The van der Waals surface area contributed by atoms with E-state index < -0.39 is 17.8 Å². The minimum atomic E-state index is -4.55. The third-order valence-corrected chi connectivity index (χ3v) is 6.42. The fraction of sp³-hybridized carbons (Fsp3) is 0.400. The first-order chi connectivity index (χ1) is 17.1. The first kappa shape index (κ1) is 29.9. The van der Waals surface area contributed by atoms with E-state index in [1.165, 1.54) is 27.6 Å². The van der Waals surface area contributed by atoms with E-state index in [9.17, 15) is 18.3 Å². The molecule has 4 aromatic rings. The van der Waals surface area contributed by atoms with E-state index in [1.807, 2.05) is 38.1 Å². The normalized spacial score (nSPS) is 18.9. The maximum Gasteiger partial charge on any atom is 0.408 e. The number of aliphatic hydroxyl groups is 1. The number of benzene rings is 1. The number of aliphatic hydroxyl groups excluding tert-OH is 1. The highest BCUT2D eigenvalue weighted by atomic mass is 35.5. The summed E-state index contributed by atoms with van der Waals surface area (Å²) in [6, 6.07) is 10.3. The molecule has 1 aromatic carbocycles. The molecule has 0 aliphatic carbocycles. The molecule has 1 fully saturated rings. The highest BCUT2D eigenvalue weighted by molar-refractivity contribution is 5.86. The van der Waals surface area contributed by atoms with Crippen LogP contribution in [-0.2, 0) is 0 Å². The van der Waals surface area contributed by atoms with E-state index in [4.69, 9.17) is 15.5 Å². The van der Waals surface area contributed by atoms with Gasteiger partial charge >= 0.3 is 6.18 Å². The van der Waals surface area contributed by atoms with E-state index in [2.05, 4.69) is 10.2 Å². The van der Waals surface area contributed by atoms with Crippen LogP contribution in [0.25, 0.3) is 28.1 Å². The van der Waals surface area contributed by atoms with Gasteiger partial charge in [0.25, 0.3) is 0 Å². The Bertz CT molecular complexity index is 1420. The number of alkyl halides is 3. The van der Waals surface area contributed by atoms with Crippen LogP contribution < -0.4 is 10.5 Å². The number of pyridine rings is 2. The molecule has 13 heteroatoms. The van der Waals surface area contributed by atoms with Gasteiger partial charge in [-0.2, -0.15) is 13.2 Å². The van der Waals surface area contributed by atoms with Gasteiger partial charge in [0.2, 0.25) is 0 Å². The summed E-state index contributed by atoms with van der Waals surface area (Å²) in [6.07, 6.45) is -2.92. The van der Waals surface area contributed by atoms with Crippen LogP contribution >= 0.6 is 24.8 Å². The molecule has 1 saturated heterocycles. The smallest absolute Gasteiger partial charge is 0.408 e. The van der Waals surface area contributed by atoms with Crippen LogP contribution in [0, 0.1) is 0 Å². The molecule has 1 aliphatic rings. The van der Waals surface area contributed by atoms with Crippen molar-refractivity contribution in [3.63, 3.8) is 0 Å². The number of nitrogens with two attached hydrogens (primary N) is 1. The molecule has 0 unspecified atom stereocenters. The van der Waals surface area contributed by atoms with Crippen LogP contribution in [-0.4, -0.2) is 67.1 Å². The molecular formula is C25H29Cl2F3N6O2. The molecule has 0 spiro atoms. The number of aromatic nitrogens is 4. The summed E-state index contributed by atoms with van der Waals surface area (Å²) in [6.45, 7) is 3.52. The van der Waals surface area contributed by atoms with Crippen molar-refractivity contribution in [2.75, 3.05) is 19.7 Å². The van der Waals surface area contributed by atoms with Crippen LogP contribution in [0.4, 0.5) is 13.2 Å². The van der Waals surface area contributed by atoms with Crippen molar-refractivity contribution in [3.05, 3.63) is 54.2 Å². The summed E-state index contributed by atoms with van der Waals surface area (Å²) in [4.78, 5) is 6.00. The molecule has 0 radical (unpaired) electrons. The minimum absolute atomic E-state index is 0. The molecule has 0 saturated carbocycles. The highest BCUT2D eigenvalue weighted by Crippen LogP contribution is 2.41. The first-order valence-corrected chi connectivity index (χ1v) is 11.7. The highest BCUT2D eigenvalue weighted by Gasteiger charge is 2.49. The Balaban J connectivity index is 0.00000200. The van der Waals surface area contributed by atoms with Gasteiger partial charge < -0.3 is 15.6 Å². The first-order valence-electron chi connectivity index (χ1n) is 11.7. The number of rotatable bonds is 6. The Morgan fingerprint density at radius 1 is 1.11 bits per heavy atom. The number of halogens is 5. The third kappa shape index (κ3) is 5.67. The zero-order chi connectivity index (χ0) is 25.7. The van der Waals surface area contributed by atoms with Gasteiger partial charge in [-0.3, -0.25) is 9.30 Å².